The van der Waals surface area contributed by atoms with E-state index in [2.05, 4.69) is 0 Å². The van der Waals surface area contributed by atoms with Gasteiger partial charge in [-0.3, -0.25) is 4.79 Å². The van der Waals surface area contributed by atoms with Gasteiger partial charge in [-0.2, -0.15) is 0 Å². The largest absolute Gasteiger partial charge is 0.332 e. The number of hydrogen-bond acceptors (Lipinski definition) is 1. The van der Waals surface area contributed by atoms with Gasteiger partial charge in [-0.15, -0.1) is 0 Å². The zero-order chi connectivity index (χ0) is 15.9. The summed E-state index contributed by atoms with van der Waals surface area (Å²) < 4.78 is 0. The van der Waals surface area contributed by atoms with Gasteiger partial charge in [0.1, 0.15) is 0 Å². The summed E-state index contributed by atoms with van der Waals surface area (Å²) >= 11 is 6.10. The van der Waals surface area contributed by atoms with E-state index in [0.717, 1.165) is 11.1 Å². The van der Waals surface area contributed by atoms with Crippen molar-refractivity contribution in [2.45, 2.75) is 26.4 Å². The fourth-order valence-electron chi connectivity index (χ4n) is 2.16. The minimum Gasteiger partial charge on any atom is -0.332 e. The smallest absolute Gasteiger partial charge is 0.247 e. The molecule has 0 radical (unpaired) electrons. The van der Waals surface area contributed by atoms with Crippen LogP contribution in [0, 0.1) is 0 Å². The number of carbonyl (C=O) groups excluding carboxylic acids is 1. The zero-order valence-corrected chi connectivity index (χ0v) is 13.6. The molecule has 0 aliphatic carbocycles. The monoisotopic (exact) mass is 313 g/mol. The van der Waals surface area contributed by atoms with Gasteiger partial charge in [0.05, 0.1) is 0 Å². The summed E-state index contributed by atoms with van der Waals surface area (Å²) in [6.07, 6.45) is 3.36. The summed E-state index contributed by atoms with van der Waals surface area (Å²) in [4.78, 5) is 14.3. The van der Waals surface area contributed by atoms with Crippen LogP contribution >= 0.6 is 11.6 Å². The Morgan fingerprint density at radius 2 is 1.73 bits per heavy atom. The van der Waals surface area contributed by atoms with Gasteiger partial charge in [0.25, 0.3) is 0 Å². The first-order valence-corrected chi connectivity index (χ1v) is 7.73. The maximum absolute atomic E-state index is 12.5. The SMILES string of the molecule is CC(C)N(Cc1ccccc1)C(=O)/C=C/c1ccccc1Cl. The third-order valence-electron chi connectivity index (χ3n) is 3.41. The summed E-state index contributed by atoms with van der Waals surface area (Å²) in [5.41, 5.74) is 1.97. The van der Waals surface area contributed by atoms with E-state index < -0.39 is 0 Å². The summed E-state index contributed by atoms with van der Waals surface area (Å²) in [5, 5.41) is 0.644. The van der Waals surface area contributed by atoms with Crippen LogP contribution in [0.4, 0.5) is 0 Å². The zero-order valence-electron chi connectivity index (χ0n) is 12.9. The molecular formula is C19H20ClNO. The number of amides is 1. The molecule has 0 N–H and O–H groups in total. The molecule has 0 atom stereocenters. The van der Waals surface area contributed by atoms with E-state index in [9.17, 15) is 4.79 Å². The molecule has 0 spiro atoms. The Bertz CT molecular complexity index is 649. The van der Waals surface area contributed by atoms with Gasteiger partial charge in [0.2, 0.25) is 5.91 Å². The minimum atomic E-state index is -0.0150. The Hall–Kier alpha value is -2.06. The molecule has 3 heteroatoms. The lowest BCUT2D eigenvalue weighted by Crippen LogP contribution is -2.35. The van der Waals surface area contributed by atoms with Crippen LogP contribution in [0.1, 0.15) is 25.0 Å². The van der Waals surface area contributed by atoms with Crippen LogP contribution in [0.2, 0.25) is 5.02 Å². The van der Waals surface area contributed by atoms with Gasteiger partial charge < -0.3 is 4.90 Å². The van der Waals surface area contributed by atoms with Crippen LogP contribution in [0.25, 0.3) is 6.08 Å². The first-order chi connectivity index (χ1) is 10.6. The third-order valence-corrected chi connectivity index (χ3v) is 3.76. The standard InChI is InChI=1S/C19H20ClNO/c1-15(2)21(14-16-8-4-3-5-9-16)19(22)13-12-17-10-6-7-11-18(17)20/h3-13,15H,14H2,1-2H3/b13-12+. The lowest BCUT2D eigenvalue weighted by atomic mass is 10.1. The second-order valence-electron chi connectivity index (χ2n) is 5.40. The van der Waals surface area contributed by atoms with Crippen molar-refractivity contribution in [1.82, 2.24) is 4.90 Å². The molecule has 0 aliphatic heterocycles. The maximum atomic E-state index is 12.5. The topological polar surface area (TPSA) is 20.3 Å². The molecule has 0 aromatic heterocycles. The molecule has 1 amide bonds. The van der Waals surface area contributed by atoms with Crippen LogP contribution in [0.15, 0.2) is 60.7 Å². The maximum Gasteiger partial charge on any atom is 0.247 e. The van der Waals surface area contributed by atoms with Gasteiger partial charge >= 0.3 is 0 Å². The Balaban J connectivity index is 2.12. The van der Waals surface area contributed by atoms with Crippen molar-refractivity contribution in [2.24, 2.45) is 0 Å². The summed E-state index contributed by atoms with van der Waals surface area (Å²) in [7, 11) is 0. The number of carbonyl (C=O) groups is 1. The van der Waals surface area contributed by atoms with E-state index >= 15 is 0 Å². The van der Waals surface area contributed by atoms with Crippen LogP contribution in [-0.2, 0) is 11.3 Å². The average molecular weight is 314 g/mol. The van der Waals surface area contributed by atoms with E-state index in [1.807, 2.05) is 73.3 Å². The highest BCUT2D eigenvalue weighted by Gasteiger charge is 2.14. The Morgan fingerprint density at radius 3 is 2.36 bits per heavy atom. The van der Waals surface area contributed by atoms with Crippen molar-refractivity contribution in [1.29, 1.82) is 0 Å². The normalized spacial score (nSPS) is 11.1. The average Bonchev–Trinajstić information content (AvgIpc) is 2.52. The minimum absolute atomic E-state index is 0.0150. The van der Waals surface area contributed by atoms with E-state index in [0.29, 0.717) is 11.6 Å². The molecule has 2 aromatic rings. The van der Waals surface area contributed by atoms with Crippen LogP contribution < -0.4 is 0 Å². The fourth-order valence-corrected chi connectivity index (χ4v) is 2.36. The number of rotatable bonds is 5. The molecule has 114 valence electrons. The summed E-state index contributed by atoms with van der Waals surface area (Å²) in [6, 6.07) is 17.6. The van der Waals surface area contributed by atoms with Gasteiger partial charge in [0.15, 0.2) is 0 Å². The predicted octanol–water partition coefficient (Wildman–Crippen LogP) is 4.79. The van der Waals surface area contributed by atoms with Crippen molar-refractivity contribution in [3.05, 3.63) is 76.8 Å². The van der Waals surface area contributed by atoms with Crippen LogP contribution in [0.3, 0.4) is 0 Å². The molecule has 2 nitrogen and oxygen atoms in total. The molecule has 0 saturated carbocycles. The van der Waals surface area contributed by atoms with Gasteiger partial charge in [0, 0.05) is 23.7 Å². The molecular weight excluding hydrogens is 294 g/mol. The summed E-state index contributed by atoms with van der Waals surface area (Å²) in [5.74, 6) is -0.0150. The molecule has 2 rings (SSSR count). The predicted molar refractivity (Wildman–Crippen MR) is 92.6 cm³/mol. The second kappa shape index (κ2) is 7.81. The highest BCUT2D eigenvalue weighted by atomic mass is 35.5. The van der Waals surface area contributed by atoms with Gasteiger partial charge in [-0.05, 0) is 37.1 Å². The lowest BCUT2D eigenvalue weighted by Gasteiger charge is -2.25. The van der Waals surface area contributed by atoms with Crippen LogP contribution in [-0.4, -0.2) is 16.8 Å². The van der Waals surface area contributed by atoms with Gasteiger partial charge in [-0.1, -0.05) is 60.1 Å². The number of nitrogens with zero attached hydrogens (tertiary/aromatic N) is 1. The fraction of sp³-hybridized carbons (Fsp3) is 0.211. The molecule has 22 heavy (non-hydrogen) atoms. The molecule has 0 aliphatic rings. The highest BCUT2D eigenvalue weighted by molar-refractivity contribution is 6.32. The van der Waals surface area contributed by atoms with Crippen molar-refractivity contribution in [3.8, 4) is 0 Å². The Labute approximate surface area is 137 Å². The Kier molecular flexibility index (Phi) is 5.79. The van der Waals surface area contributed by atoms with E-state index in [-0.39, 0.29) is 11.9 Å². The molecule has 0 bridgehead atoms. The highest BCUT2D eigenvalue weighted by Crippen LogP contribution is 2.17. The summed E-state index contributed by atoms with van der Waals surface area (Å²) in [6.45, 7) is 4.64. The number of benzene rings is 2. The molecule has 0 saturated heterocycles. The number of hydrogen-bond donors (Lipinski definition) is 0. The first kappa shape index (κ1) is 16.3. The van der Waals surface area contributed by atoms with Crippen molar-refractivity contribution in [3.63, 3.8) is 0 Å². The van der Waals surface area contributed by atoms with Gasteiger partial charge in [-0.25, -0.2) is 0 Å². The quantitative estimate of drug-likeness (QED) is 0.727. The van der Waals surface area contributed by atoms with Crippen molar-refractivity contribution in [2.75, 3.05) is 0 Å². The molecule has 0 unspecified atom stereocenters. The van der Waals surface area contributed by atoms with Crippen molar-refractivity contribution >= 4 is 23.6 Å². The van der Waals surface area contributed by atoms with E-state index in [1.54, 1.807) is 12.2 Å². The lowest BCUT2D eigenvalue weighted by molar-refractivity contribution is -0.128. The molecule has 0 fully saturated rings. The first-order valence-electron chi connectivity index (χ1n) is 7.35. The molecule has 0 heterocycles. The second-order valence-corrected chi connectivity index (χ2v) is 5.81. The van der Waals surface area contributed by atoms with Crippen molar-refractivity contribution < 1.29 is 4.79 Å². The van der Waals surface area contributed by atoms with Crippen LogP contribution in [0.5, 0.6) is 0 Å². The molecule has 2 aromatic carbocycles. The third kappa shape index (κ3) is 4.47. The Morgan fingerprint density at radius 1 is 1.09 bits per heavy atom. The van der Waals surface area contributed by atoms with E-state index in [1.165, 1.54) is 0 Å². The van der Waals surface area contributed by atoms with E-state index in [4.69, 9.17) is 11.6 Å². The number of halogens is 1.